The Bertz CT molecular complexity index is 1920. The predicted molar refractivity (Wildman–Crippen MR) is 191 cm³/mol. The van der Waals surface area contributed by atoms with Crippen LogP contribution in [-0.2, 0) is 13.0 Å². The van der Waals surface area contributed by atoms with Crippen LogP contribution in [-0.4, -0.2) is 50.7 Å². The second-order valence-corrected chi connectivity index (χ2v) is 12.6. The number of anilines is 1. The lowest BCUT2D eigenvalue weighted by Crippen LogP contribution is -2.40. The van der Waals surface area contributed by atoms with E-state index in [4.69, 9.17) is 28.5 Å². The molecular formula is C35H42ClFN10O. The van der Waals surface area contributed by atoms with E-state index in [1.54, 1.807) is 30.6 Å². The highest BCUT2D eigenvalue weighted by Gasteiger charge is 2.16. The van der Waals surface area contributed by atoms with E-state index in [-0.39, 0.29) is 23.1 Å². The second kappa shape index (κ2) is 15.9. The molecule has 0 saturated carbocycles. The molecule has 0 amide bonds. The number of nitrogens with two attached hydrogens (primary N) is 2. The molecule has 2 aromatic carbocycles. The summed E-state index contributed by atoms with van der Waals surface area (Å²) in [6, 6.07) is 16.9. The van der Waals surface area contributed by atoms with Crippen LogP contribution in [0.3, 0.4) is 0 Å². The first-order chi connectivity index (χ1) is 23.0. The van der Waals surface area contributed by atoms with Crippen molar-refractivity contribution in [3.63, 3.8) is 0 Å². The SMILES string of the molecule is Cc1ccnc(NC[C@@H](CCNC(=N)N)NCc2ccc(-n3cc4cc(-c5cc(CCC[C@H](C)N)cc(Cl)c5F)[nH]c4nc3=O)cc2)c1. The van der Waals surface area contributed by atoms with Crippen LogP contribution in [0.5, 0.6) is 0 Å². The third-order valence-electron chi connectivity index (χ3n) is 8.07. The van der Waals surface area contributed by atoms with Crippen LogP contribution in [0.25, 0.3) is 28.0 Å². The fourth-order valence-corrected chi connectivity index (χ4v) is 5.73. The van der Waals surface area contributed by atoms with Crippen LogP contribution in [0, 0.1) is 18.2 Å². The Labute approximate surface area is 283 Å². The van der Waals surface area contributed by atoms with Crippen LogP contribution in [0.15, 0.2) is 71.8 Å². The second-order valence-electron chi connectivity index (χ2n) is 12.2. The number of pyridine rings is 1. The maximum absolute atomic E-state index is 15.2. The van der Waals surface area contributed by atoms with Gasteiger partial charge in [0.05, 0.1) is 16.4 Å². The maximum atomic E-state index is 15.2. The number of guanidine groups is 1. The standard InChI is InChI=1S/C35H42ClFN10O/c1-21-10-12-41-31(14-21)44-19-26(11-13-42-34(39)40)43-18-23-6-8-27(9-7-23)47-20-25-17-30(45-33(25)46-35(47)48)28-15-24(5-3-4-22(2)38)16-29(36)32(28)37/h6-10,12,14-17,20,22,26,43H,3-5,11,13,18-19,38H2,1-2H3,(H,41,44)(H4,39,40,42)(H,45,46,48)/t22-,26+/m0/s1. The molecule has 0 aliphatic carbocycles. The molecule has 5 aromatic rings. The van der Waals surface area contributed by atoms with Gasteiger partial charge in [-0.2, -0.15) is 4.98 Å². The van der Waals surface area contributed by atoms with Gasteiger partial charge in [-0.1, -0.05) is 23.7 Å². The van der Waals surface area contributed by atoms with Crippen molar-refractivity contribution in [1.29, 1.82) is 5.41 Å². The summed E-state index contributed by atoms with van der Waals surface area (Å²) < 4.78 is 16.6. The normalized spacial score (nSPS) is 12.6. The van der Waals surface area contributed by atoms with Gasteiger partial charge in [0.1, 0.15) is 11.5 Å². The quantitative estimate of drug-likeness (QED) is 0.0601. The number of aryl methyl sites for hydroxylation is 2. The number of benzene rings is 2. The summed E-state index contributed by atoms with van der Waals surface area (Å²) in [4.78, 5) is 24.8. The van der Waals surface area contributed by atoms with E-state index >= 15 is 4.39 Å². The Hall–Kier alpha value is -4.78. The fourth-order valence-electron chi connectivity index (χ4n) is 5.49. The van der Waals surface area contributed by atoms with Crippen LogP contribution in [0.4, 0.5) is 10.2 Å². The van der Waals surface area contributed by atoms with Gasteiger partial charge >= 0.3 is 5.69 Å². The smallest absolute Gasteiger partial charge is 0.354 e. The van der Waals surface area contributed by atoms with Gasteiger partial charge in [0, 0.05) is 55.1 Å². The molecule has 0 aliphatic heterocycles. The van der Waals surface area contributed by atoms with Gasteiger partial charge < -0.3 is 32.4 Å². The number of nitrogens with zero attached hydrogens (tertiary/aromatic N) is 3. The van der Waals surface area contributed by atoms with Gasteiger partial charge in [0.15, 0.2) is 11.8 Å². The minimum Gasteiger partial charge on any atom is -0.370 e. The van der Waals surface area contributed by atoms with Gasteiger partial charge in [0.2, 0.25) is 0 Å². The van der Waals surface area contributed by atoms with E-state index in [1.807, 2.05) is 50.2 Å². The monoisotopic (exact) mass is 672 g/mol. The molecule has 0 radical (unpaired) electrons. The van der Waals surface area contributed by atoms with E-state index in [1.165, 1.54) is 4.57 Å². The summed E-state index contributed by atoms with van der Waals surface area (Å²) in [6.45, 7) is 5.74. The van der Waals surface area contributed by atoms with Gasteiger partial charge in [-0.25, -0.2) is 14.2 Å². The average Bonchev–Trinajstić information content (AvgIpc) is 3.46. The Morgan fingerprint density at radius 1 is 1.12 bits per heavy atom. The molecule has 0 aliphatic rings. The molecular weight excluding hydrogens is 631 g/mol. The largest absolute Gasteiger partial charge is 0.370 e. The Morgan fingerprint density at radius 2 is 1.92 bits per heavy atom. The molecule has 13 heteroatoms. The Kier molecular flexibility index (Phi) is 11.4. The summed E-state index contributed by atoms with van der Waals surface area (Å²) in [5.41, 5.74) is 15.8. The third kappa shape index (κ3) is 9.18. The van der Waals surface area contributed by atoms with Crippen molar-refractivity contribution >= 4 is 34.4 Å². The number of aromatic nitrogens is 4. The number of rotatable bonds is 15. The Morgan fingerprint density at radius 3 is 2.65 bits per heavy atom. The molecule has 0 unspecified atom stereocenters. The van der Waals surface area contributed by atoms with E-state index in [0.717, 1.165) is 48.2 Å². The predicted octanol–water partition coefficient (Wildman–Crippen LogP) is 4.99. The summed E-state index contributed by atoms with van der Waals surface area (Å²) in [5, 5.41) is 18.0. The summed E-state index contributed by atoms with van der Waals surface area (Å²) >= 11 is 6.26. The number of nitrogens with one attached hydrogen (secondary N) is 5. The topological polar surface area (TPSA) is 176 Å². The number of fused-ring (bicyclic) bond motifs is 1. The molecule has 252 valence electrons. The molecule has 5 rings (SSSR count). The molecule has 48 heavy (non-hydrogen) atoms. The van der Waals surface area contributed by atoms with Crippen LogP contribution in [0.1, 0.15) is 42.9 Å². The van der Waals surface area contributed by atoms with Crippen molar-refractivity contribution in [2.24, 2.45) is 11.5 Å². The molecule has 2 atom stereocenters. The van der Waals surface area contributed by atoms with E-state index < -0.39 is 11.5 Å². The van der Waals surface area contributed by atoms with E-state index in [9.17, 15) is 4.79 Å². The lowest BCUT2D eigenvalue weighted by atomic mass is 10.0. The number of H-pyrrole nitrogens is 1. The van der Waals surface area contributed by atoms with Crippen molar-refractivity contribution in [2.45, 2.75) is 58.2 Å². The van der Waals surface area contributed by atoms with Crippen LogP contribution in [0.2, 0.25) is 5.02 Å². The third-order valence-corrected chi connectivity index (χ3v) is 8.35. The minimum absolute atomic E-state index is 0.0441. The van der Waals surface area contributed by atoms with Crippen molar-refractivity contribution in [1.82, 2.24) is 30.2 Å². The number of hydrogen-bond donors (Lipinski definition) is 7. The van der Waals surface area contributed by atoms with Crippen molar-refractivity contribution < 1.29 is 4.39 Å². The summed E-state index contributed by atoms with van der Waals surface area (Å²) in [5.74, 6) is 0.205. The minimum atomic E-state index is -0.529. The number of hydrogen-bond acceptors (Lipinski definition) is 7. The highest BCUT2D eigenvalue weighted by molar-refractivity contribution is 6.31. The van der Waals surface area contributed by atoms with Crippen molar-refractivity contribution in [3.8, 4) is 16.9 Å². The van der Waals surface area contributed by atoms with E-state index in [0.29, 0.717) is 47.6 Å². The first-order valence-corrected chi connectivity index (χ1v) is 16.4. The zero-order valence-electron chi connectivity index (χ0n) is 27.1. The van der Waals surface area contributed by atoms with Gasteiger partial charge in [-0.15, -0.1) is 0 Å². The summed E-state index contributed by atoms with van der Waals surface area (Å²) in [7, 11) is 0. The zero-order chi connectivity index (χ0) is 34.2. The van der Waals surface area contributed by atoms with Crippen LogP contribution < -0.4 is 33.1 Å². The molecule has 9 N–H and O–H groups in total. The lowest BCUT2D eigenvalue weighted by molar-refractivity contribution is 0.493. The fraction of sp³-hybridized carbons (Fsp3) is 0.314. The molecule has 3 heterocycles. The van der Waals surface area contributed by atoms with Gasteiger partial charge in [-0.3, -0.25) is 9.98 Å². The molecule has 0 fully saturated rings. The highest BCUT2D eigenvalue weighted by atomic mass is 35.5. The first kappa shape index (κ1) is 34.6. The molecule has 3 aromatic heterocycles. The van der Waals surface area contributed by atoms with Crippen LogP contribution >= 0.6 is 11.6 Å². The van der Waals surface area contributed by atoms with Gasteiger partial charge in [0.25, 0.3) is 0 Å². The molecule has 0 bridgehead atoms. The molecule has 11 nitrogen and oxygen atoms in total. The molecule has 0 spiro atoms. The first-order valence-electron chi connectivity index (χ1n) is 16.0. The zero-order valence-corrected chi connectivity index (χ0v) is 27.9. The maximum Gasteiger partial charge on any atom is 0.354 e. The highest BCUT2D eigenvalue weighted by Crippen LogP contribution is 2.31. The average molecular weight is 673 g/mol. The molecule has 0 saturated heterocycles. The Balaban J connectivity index is 1.29. The lowest BCUT2D eigenvalue weighted by Gasteiger charge is -2.20. The van der Waals surface area contributed by atoms with Gasteiger partial charge in [-0.05, 0) is 98.7 Å². The number of halogens is 2. The number of aromatic amines is 1. The van der Waals surface area contributed by atoms with Crippen molar-refractivity contribution in [3.05, 3.63) is 105 Å². The van der Waals surface area contributed by atoms with E-state index in [2.05, 4.69) is 30.9 Å². The summed E-state index contributed by atoms with van der Waals surface area (Å²) in [6.07, 6.45) is 6.64. The van der Waals surface area contributed by atoms with Crippen molar-refractivity contribution in [2.75, 3.05) is 18.4 Å².